The second-order valence-corrected chi connectivity index (χ2v) is 6.38. The van der Waals surface area contributed by atoms with Crippen LogP contribution in [0, 0.1) is 13.8 Å². The lowest BCUT2D eigenvalue weighted by atomic mass is 10.1. The first-order valence-corrected chi connectivity index (χ1v) is 7.82. The maximum absolute atomic E-state index is 11.1. The monoisotopic (exact) mass is 354 g/mol. The van der Waals surface area contributed by atoms with E-state index in [4.69, 9.17) is 5.11 Å². The van der Waals surface area contributed by atoms with Gasteiger partial charge >= 0.3 is 5.97 Å². The van der Waals surface area contributed by atoms with Crippen molar-refractivity contribution in [3.8, 4) is 0 Å². The topological polar surface area (TPSA) is 55.1 Å². The first-order valence-electron chi connectivity index (χ1n) is 6.05. The Morgan fingerprint density at radius 2 is 2.15 bits per heavy atom. The molecule has 4 nitrogen and oxygen atoms in total. The molecule has 106 valence electrons. The second kappa shape index (κ2) is 6.01. The van der Waals surface area contributed by atoms with Crippen LogP contribution in [0.5, 0.6) is 0 Å². The molecule has 1 aromatic heterocycles. The third kappa shape index (κ3) is 3.07. The predicted octanol–water partition coefficient (Wildman–Crippen LogP) is 3.79. The van der Waals surface area contributed by atoms with E-state index in [0.29, 0.717) is 5.56 Å². The summed E-state index contributed by atoms with van der Waals surface area (Å²) >= 11 is 5.13. The summed E-state index contributed by atoms with van der Waals surface area (Å²) in [5.74, 6) is -0.150. The smallest absolute Gasteiger partial charge is 0.335 e. The van der Waals surface area contributed by atoms with E-state index in [-0.39, 0.29) is 0 Å². The van der Waals surface area contributed by atoms with E-state index >= 15 is 0 Å². The van der Waals surface area contributed by atoms with Gasteiger partial charge in [0, 0.05) is 17.7 Å². The Balaban J connectivity index is 2.19. The molecule has 6 heteroatoms. The van der Waals surface area contributed by atoms with E-state index in [1.807, 2.05) is 30.8 Å². The zero-order valence-electron chi connectivity index (χ0n) is 11.5. The average Bonchev–Trinajstić information content (AvgIpc) is 2.62. The van der Waals surface area contributed by atoms with Crippen LogP contribution in [0.4, 0.5) is 0 Å². The number of aromatic carboxylic acids is 1. The van der Waals surface area contributed by atoms with Crippen molar-refractivity contribution in [1.82, 2.24) is 9.78 Å². The highest BCUT2D eigenvalue weighted by molar-refractivity contribution is 9.10. The van der Waals surface area contributed by atoms with Crippen LogP contribution in [0.25, 0.3) is 0 Å². The van der Waals surface area contributed by atoms with Crippen molar-refractivity contribution in [2.75, 3.05) is 0 Å². The zero-order chi connectivity index (χ0) is 14.9. The van der Waals surface area contributed by atoms with Crippen LogP contribution < -0.4 is 0 Å². The Labute approximate surface area is 130 Å². The number of carboxylic acids is 1. The van der Waals surface area contributed by atoms with Crippen molar-refractivity contribution in [2.24, 2.45) is 7.05 Å². The van der Waals surface area contributed by atoms with Crippen molar-refractivity contribution in [1.29, 1.82) is 0 Å². The summed E-state index contributed by atoms with van der Waals surface area (Å²) < 4.78 is 2.86. The Morgan fingerprint density at radius 1 is 1.45 bits per heavy atom. The van der Waals surface area contributed by atoms with Crippen LogP contribution in [0.1, 0.15) is 27.3 Å². The van der Waals surface area contributed by atoms with Gasteiger partial charge in [-0.25, -0.2) is 4.79 Å². The molecule has 0 unspecified atom stereocenters. The number of aryl methyl sites for hydroxylation is 3. The molecular weight excluding hydrogens is 340 g/mol. The average molecular weight is 355 g/mol. The van der Waals surface area contributed by atoms with Gasteiger partial charge in [-0.3, -0.25) is 4.68 Å². The molecule has 0 bridgehead atoms. The molecule has 20 heavy (non-hydrogen) atoms. The van der Waals surface area contributed by atoms with Gasteiger partial charge in [-0.05, 0) is 47.5 Å². The molecule has 2 rings (SSSR count). The largest absolute Gasteiger partial charge is 0.478 e. The number of hydrogen-bond donors (Lipinski definition) is 1. The summed E-state index contributed by atoms with van der Waals surface area (Å²) in [5.41, 5.74) is 3.18. The van der Waals surface area contributed by atoms with Crippen LogP contribution >= 0.6 is 27.7 Å². The minimum atomic E-state index is -0.887. The number of rotatable bonds is 4. The number of carboxylic acid groups (broad SMARTS) is 1. The highest BCUT2D eigenvalue weighted by atomic mass is 79.9. The summed E-state index contributed by atoms with van der Waals surface area (Å²) in [4.78, 5) is 12.1. The lowest BCUT2D eigenvalue weighted by Crippen LogP contribution is -2.00. The van der Waals surface area contributed by atoms with E-state index in [9.17, 15) is 4.79 Å². The number of hydrogen-bond acceptors (Lipinski definition) is 3. The molecular formula is C14H15BrN2O2S. The second-order valence-electron chi connectivity index (χ2n) is 4.54. The minimum Gasteiger partial charge on any atom is -0.478 e. The van der Waals surface area contributed by atoms with Gasteiger partial charge in [0.2, 0.25) is 0 Å². The fourth-order valence-corrected chi connectivity index (χ4v) is 3.57. The molecule has 0 fully saturated rings. The Morgan fingerprint density at radius 3 is 2.70 bits per heavy atom. The third-order valence-electron chi connectivity index (χ3n) is 3.08. The van der Waals surface area contributed by atoms with E-state index in [1.54, 1.807) is 24.8 Å². The number of aromatic nitrogens is 2. The molecule has 0 aliphatic carbocycles. The fraction of sp³-hybridized carbons (Fsp3) is 0.286. The molecule has 0 aliphatic heterocycles. The molecule has 0 saturated heterocycles. The highest BCUT2D eigenvalue weighted by Crippen LogP contribution is 2.29. The molecule has 0 atom stereocenters. The molecule has 0 amide bonds. The van der Waals surface area contributed by atoms with Gasteiger partial charge in [0.05, 0.1) is 21.4 Å². The van der Waals surface area contributed by atoms with Gasteiger partial charge in [0.15, 0.2) is 0 Å². The Hall–Kier alpha value is -1.27. The first kappa shape index (κ1) is 15.1. The zero-order valence-corrected chi connectivity index (χ0v) is 13.9. The van der Waals surface area contributed by atoms with Gasteiger partial charge < -0.3 is 5.11 Å². The van der Waals surface area contributed by atoms with Crippen molar-refractivity contribution in [3.05, 3.63) is 45.2 Å². The normalized spacial score (nSPS) is 10.8. The van der Waals surface area contributed by atoms with E-state index in [0.717, 1.165) is 32.1 Å². The van der Waals surface area contributed by atoms with Gasteiger partial charge in [0.1, 0.15) is 0 Å². The van der Waals surface area contributed by atoms with Crippen LogP contribution in [0.15, 0.2) is 27.6 Å². The van der Waals surface area contributed by atoms with E-state index < -0.39 is 5.97 Å². The number of benzene rings is 1. The third-order valence-corrected chi connectivity index (χ3v) is 5.11. The van der Waals surface area contributed by atoms with Crippen molar-refractivity contribution in [2.45, 2.75) is 24.5 Å². The maximum atomic E-state index is 11.1. The first-order chi connectivity index (χ1) is 9.40. The summed E-state index contributed by atoms with van der Waals surface area (Å²) in [6.45, 7) is 3.76. The molecule has 1 aromatic carbocycles. The fourth-order valence-electron chi connectivity index (χ4n) is 1.91. The Kier molecular flexibility index (Phi) is 4.55. The van der Waals surface area contributed by atoms with Crippen molar-refractivity contribution >= 4 is 33.7 Å². The van der Waals surface area contributed by atoms with Crippen LogP contribution in [0.3, 0.4) is 0 Å². The van der Waals surface area contributed by atoms with Gasteiger partial charge in [0.25, 0.3) is 0 Å². The Bertz CT molecular complexity index is 667. The summed E-state index contributed by atoms with van der Waals surface area (Å²) in [6.07, 6.45) is 0. The van der Waals surface area contributed by atoms with E-state index in [1.165, 1.54) is 0 Å². The molecule has 1 heterocycles. The SMILES string of the molecule is Cc1ccc(SCc2c(Br)c(C)nn2C)cc1C(=O)O. The predicted molar refractivity (Wildman–Crippen MR) is 83.3 cm³/mol. The molecule has 0 aliphatic rings. The number of carbonyl (C=O) groups is 1. The molecule has 0 radical (unpaired) electrons. The quantitative estimate of drug-likeness (QED) is 0.848. The molecule has 0 saturated carbocycles. The lowest BCUT2D eigenvalue weighted by molar-refractivity contribution is 0.0696. The van der Waals surface area contributed by atoms with Crippen molar-refractivity contribution in [3.63, 3.8) is 0 Å². The minimum absolute atomic E-state index is 0.357. The van der Waals surface area contributed by atoms with Crippen LogP contribution in [-0.4, -0.2) is 20.9 Å². The van der Waals surface area contributed by atoms with Crippen LogP contribution in [0.2, 0.25) is 0 Å². The maximum Gasteiger partial charge on any atom is 0.335 e. The number of thioether (sulfide) groups is 1. The van der Waals surface area contributed by atoms with E-state index in [2.05, 4.69) is 21.0 Å². The van der Waals surface area contributed by atoms with Gasteiger partial charge in [-0.2, -0.15) is 5.10 Å². The molecule has 0 spiro atoms. The lowest BCUT2D eigenvalue weighted by Gasteiger charge is -2.06. The standard InChI is InChI=1S/C14H15BrN2O2S/c1-8-4-5-10(6-11(8)14(18)19)20-7-12-13(15)9(2)16-17(12)3/h4-6H,7H2,1-3H3,(H,18,19). The summed E-state index contributed by atoms with van der Waals surface area (Å²) in [7, 11) is 1.91. The van der Waals surface area contributed by atoms with Crippen LogP contribution in [-0.2, 0) is 12.8 Å². The number of nitrogens with zero attached hydrogens (tertiary/aromatic N) is 2. The summed E-state index contributed by atoms with van der Waals surface area (Å²) in [6, 6.07) is 5.51. The van der Waals surface area contributed by atoms with Gasteiger partial charge in [-0.1, -0.05) is 6.07 Å². The number of halogens is 1. The summed E-state index contributed by atoms with van der Waals surface area (Å²) in [5, 5.41) is 13.5. The highest BCUT2D eigenvalue weighted by Gasteiger charge is 2.12. The molecule has 2 aromatic rings. The van der Waals surface area contributed by atoms with Gasteiger partial charge in [-0.15, -0.1) is 11.8 Å². The van der Waals surface area contributed by atoms with Crippen molar-refractivity contribution < 1.29 is 9.90 Å². The molecule has 1 N–H and O–H groups in total.